The third kappa shape index (κ3) is 3.85. The molecule has 1 amide bonds. The van der Waals surface area contributed by atoms with Gasteiger partial charge in [-0.3, -0.25) is 4.79 Å². The lowest BCUT2D eigenvalue weighted by molar-refractivity contribution is -0.111. The van der Waals surface area contributed by atoms with Crippen molar-refractivity contribution in [2.24, 2.45) is 5.92 Å². The summed E-state index contributed by atoms with van der Waals surface area (Å²) in [4.78, 5) is 19.6. The third-order valence-corrected chi connectivity index (χ3v) is 6.19. The number of pyridine rings is 1. The largest absolute Gasteiger partial charge is 0.353 e. The number of carbonyl (C=O) groups excluding carboxylic acids is 1. The molecule has 1 aliphatic carbocycles. The standard InChI is InChI=1S/C24H22ClN3O/c25-19-6-1-16(2-7-19)4-12-24(29)26-20-8-10-22-18(14-20)5-11-23(27-22)28-15-17-3-9-21(28)13-17/h1-2,4-8,10-12,14,17,21H,3,9,13,15H2,(H,26,29)/b12-4+. The minimum Gasteiger partial charge on any atom is -0.353 e. The Labute approximate surface area is 175 Å². The minimum absolute atomic E-state index is 0.169. The topological polar surface area (TPSA) is 45.2 Å². The number of hydrogen-bond donors (Lipinski definition) is 1. The van der Waals surface area contributed by atoms with Crippen molar-refractivity contribution in [3.63, 3.8) is 0 Å². The van der Waals surface area contributed by atoms with Crippen LogP contribution < -0.4 is 10.2 Å². The highest BCUT2D eigenvalue weighted by Crippen LogP contribution is 2.39. The quantitative estimate of drug-likeness (QED) is 0.582. The molecule has 2 fully saturated rings. The second-order valence-electron chi connectivity index (χ2n) is 7.94. The number of nitrogens with zero attached hydrogens (tertiary/aromatic N) is 2. The molecule has 2 unspecified atom stereocenters. The molecule has 0 spiro atoms. The number of piperidine rings is 1. The van der Waals surface area contributed by atoms with E-state index >= 15 is 0 Å². The zero-order chi connectivity index (χ0) is 19.8. The van der Waals surface area contributed by atoms with Gasteiger partial charge in [0.1, 0.15) is 5.82 Å². The molecule has 1 saturated carbocycles. The fourth-order valence-electron chi connectivity index (χ4n) is 4.49. The second kappa shape index (κ2) is 7.53. The fourth-order valence-corrected chi connectivity index (χ4v) is 4.61. The van der Waals surface area contributed by atoms with E-state index in [1.54, 1.807) is 18.2 Å². The number of rotatable bonds is 4. The van der Waals surface area contributed by atoms with Gasteiger partial charge in [0.25, 0.3) is 0 Å². The van der Waals surface area contributed by atoms with Crippen molar-refractivity contribution in [2.45, 2.75) is 25.3 Å². The van der Waals surface area contributed by atoms with E-state index in [1.165, 1.54) is 25.3 Å². The average Bonchev–Trinajstić information content (AvgIpc) is 3.37. The van der Waals surface area contributed by atoms with Gasteiger partial charge < -0.3 is 10.2 Å². The molecule has 2 aliphatic rings. The number of nitrogens with one attached hydrogen (secondary N) is 1. The van der Waals surface area contributed by atoms with Gasteiger partial charge in [-0.05, 0) is 79.3 Å². The van der Waals surface area contributed by atoms with Crippen LogP contribution in [0.15, 0.2) is 60.7 Å². The van der Waals surface area contributed by atoms with E-state index in [0.29, 0.717) is 11.1 Å². The lowest BCUT2D eigenvalue weighted by Gasteiger charge is -2.28. The van der Waals surface area contributed by atoms with Crippen molar-refractivity contribution in [1.29, 1.82) is 0 Å². The number of anilines is 2. The maximum Gasteiger partial charge on any atom is 0.248 e. The van der Waals surface area contributed by atoms with Crippen molar-refractivity contribution in [3.05, 3.63) is 71.3 Å². The van der Waals surface area contributed by atoms with E-state index in [2.05, 4.69) is 22.3 Å². The number of fused-ring (bicyclic) bond motifs is 3. The SMILES string of the molecule is O=C(/C=C/c1ccc(Cl)cc1)Nc1ccc2nc(N3CC4CCC3C4)ccc2c1. The summed E-state index contributed by atoms with van der Waals surface area (Å²) >= 11 is 5.88. The smallest absolute Gasteiger partial charge is 0.248 e. The predicted octanol–water partition coefficient (Wildman–Crippen LogP) is 5.53. The van der Waals surface area contributed by atoms with Gasteiger partial charge >= 0.3 is 0 Å². The van der Waals surface area contributed by atoms with Crippen LogP contribution in [0.3, 0.4) is 0 Å². The molecule has 2 bridgehead atoms. The van der Waals surface area contributed by atoms with Crippen LogP contribution in [0.2, 0.25) is 5.02 Å². The summed E-state index contributed by atoms with van der Waals surface area (Å²) in [5.41, 5.74) is 2.65. The second-order valence-corrected chi connectivity index (χ2v) is 8.37. The normalized spacial score (nSPS) is 20.7. The molecule has 2 heterocycles. The van der Waals surface area contributed by atoms with Crippen LogP contribution in [0.25, 0.3) is 17.0 Å². The molecule has 1 saturated heterocycles. The van der Waals surface area contributed by atoms with E-state index in [9.17, 15) is 4.79 Å². The number of halogens is 1. The maximum atomic E-state index is 12.2. The Morgan fingerprint density at radius 2 is 1.97 bits per heavy atom. The Morgan fingerprint density at radius 1 is 1.10 bits per heavy atom. The van der Waals surface area contributed by atoms with Crippen molar-refractivity contribution >= 4 is 46.0 Å². The third-order valence-electron chi connectivity index (χ3n) is 5.94. The lowest BCUT2D eigenvalue weighted by atomic mass is 10.1. The molecule has 5 rings (SSSR count). The zero-order valence-electron chi connectivity index (χ0n) is 16.0. The van der Waals surface area contributed by atoms with Gasteiger partial charge in [0.05, 0.1) is 5.52 Å². The molecule has 1 N–H and O–H groups in total. The minimum atomic E-state index is -0.169. The summed E-state index contributed by atoms with van der Waals surface area (Å²) in [7, 11) is 0. The van der Waals surface area contributed by atoms with E-state index < -0.39 is 0 Å². The summed E-state index contributed by atoms with van der Waals surface area (Å²) in [6, 6.07) is 18.1. The van der Waals surface area contributed by atoms with Crippen molar-refractivity contribution < 1.29 is 4.79 Å². The summed E-state index contributed by atoms with van der Waals surface area (Å²) in [5, 5.41) is 4.62. The monoisotopic (exact) mass is 403 g/mol. The predicted molar refractivity (Wildman–Crippen MR) is 119 cm³/mol. The first-order valence-electron chi connectivity index (χ1n) is 10.1. The molecule has 0 radical (unpaired) electrons. The molecule has 1 aromatic heterocycles. The number of carbonyl (C=O) groups is 1. The number of aromatic nitrogens is 1. The highest BCUT2D eigenvalue weighted by atomic mass is 35.5. The van der Waals surface area contributed by atoms with Crippen molar-refractivity contribution in [2.75, 3.05) is 16.8 Å². The lowest BCUT2D eigenvalue weighted by Crippen LogP contribution is -2.32. The number of amides is 1. The highest BCUT2D eigenvalue weighted by molar-refractivity contribution is 6.30. The molecular weight excluding hydrogens is 382 g/mol. The number of benzene rings is 2. The first kappa shape index (κ1) is 18.2. The zero-order valence-corrected chi connectivity index (χ0v) is 16.8. The van der Waals surface area contributed by atoms with Crippen LogP contribution >= 0.6 is 11.6 Å². The molecule has 2 atom stereocenters. The molecule has 29 heavy (non-hydrogen) atoms. The van der Waals surface area contributed by atoms with E-state index in [0.717, 1.165) is 40.4 Å². The van der Waals surface area contributed by atoms with Gasteiger partial charge in [0.2, 0.25) is 5.91 Å². The van der Waals surface area contributed by atoms with Gasteiger partial charge in [-0.15, -0.1) is 0 Å². The van der Waals surface area contributed by atoms with Crippen LogP contribution in [0.5, 0.6) is 0 Å². The molecule has 5 heteroatoms. The average molecular weight is 404 g/mol. The molecule has 1 aliphatic heterocycles. The van der Waals surface area contributed by atoms with Crippen LogP contribution in [0.1, 0.15) is 24.8 Å². The van der Waals surface area contributed by atoms with Crippen molar-refractivity contribution in [1.82, 2.24) is 4.98 Å². The van der Waals surface area contributed by atoms with Gasteiger partial charge in [0.15, 0.2) is 0 Å². The Bertz CT molecular complexity index is 1090. The number of hydrogen-bond acceptors (Lipinski definition) is 3. The van der Waals surface area contributed by atoms with Crippen molar-refractivity contribution in [3.8, 4) is 0 Å². The van der Waals surface area contributed by atoms with Gasteiger partial charge in [-0.25, -0.2) is 4.98 Å². The summed E-state index contributed by atoms with van der Waals surface area (Å²) in [5.74, 6) is 1.75. The summed E-state index contributed by atoms with van der Waals surface area (Å²) in [6.45, 7) is 1.14. The Hall–Kier alpha value is -2.85. The Morgan fingerprint density at radius 3 is 2.72 bits per heavy atom. The van der Waals surface area contributed by atoms with Crippen LogP contribution in [-0.4, -0.2) is 23.5 Å². The highest BCUT2D eigenvalue weighted by Gasteiger charge is 2.38. The molecule has 2 aromatic carbocycles. The van der Waals surface area contributed by atoms with Crippen LogP contribution in [-0.2, 0) is 4.79 Å². The van der Waals surface area contributed by atoms with Gasteiger partial charge in [0, 0.05) is 34.8 Å². The first-order chi connectivity index (χ1) is 14.1. The molecule has 4 nitrogen and oxygen atoms in total. The Kier molecular flexibility index (Phi) is 4.72. The fraction of sp³-hybridized carbons (Fsp3) is 0.250. The summed E-state index contributed by atoms with van der Waals surface area (Å²) < 4.78 is 0. The Balaban J connectivity index is 1.29. The van der Waals surface area contributed by atoms with E-state index in [-0.39, 0.29) is 5.91 Å². The molecule has 3 aromatic rings. The van der Waals surface area contributed by atoms with Crippen LogP contribution in [0, 0.1) is 5.92 Å². The van der Waals surface area contributed by atoms with E-state index in [4.69, 9.17) is 16.6 Å². The van der Waals surface area contributed by atoms with Crippen LogP contribution in [0.4, 0.5) is 11.5 Å². The first-order valence-corrected chi connectivity index (χ1v) is 10.4. The molecular formula is C24H22ClN3O. The van der Waals surface area contributed by atoms with Gasteiger partial charge in [-0.1, -0.05) is 23.7 Å². The van der Waals surface area contributed by atoms with Gasteiger partial charge in [-0.2, -0.15) is 0 Å². The maximum absolute atomic E-state index is 12.2. The summed E-state index contributed by atoms with van der Waals surface area (Å²) in [6.07, 6.45) is 7.26. The van der Waals surface area contributed by atoms with E-state index in [1.807, 2.05) is 30.3 Å². The molecule has 146 valence electrons.